The largest absolute Gasteiger partial charge is 0.212 e. The lowest BCUT2D eigenvalue weighted by molar-refractivity contribution is 0.590. The summed E-state index contributed by atoms with van der Waals surface area (Å²) in [6.45, 7) is 8.60. The van der Waals surface area contributed by atoms with E-state index in [1.54, 1.807) is 11.8 Å². The highest BCUT2D eigenvalue weighted by molar-refractivity contribution is 8.93. The van der Waals surface area contributed by atoms with Crippen molar-refractivity contribution in [2.45, 2.75) is 38.3 Å². The molecule has 3 rings (SSSR count). The third-order valence-electron chi connectivity index (χ3n) is 3.41. The molecule has 1 aromatic carbocycles. The zero-order valence-corrected chi connectivity index (χ0v) is 15.2. The molecule has 4 nitrogen and oxygen atoms in total. The summed E-state index contributed by atoms with van der Waals surface area (Å²) in [6, 6.07) is 8.70. The Kier molecular flexibility index (Phi) is 4.58. The van der Waals surface area contributed by atoms with Gasteiger partial charge in [-0.15, -0.1) is 27.2 Å². The number of halogens is 1. The van der Waals surface area contributed by atoms with E-state index < -0.39 is 0 Å². The average Bonchev–Trinajstić information content (AvgIpc) is 2.79. The minimum absolute atomic E-state index is 0. The molecular weight excluding hydrogens is 348 g/mol. The summed E-state index contributed by atoms with van der Waals surface area (Å²) >= 11 is 1.68. The minimum atomic E-state index is 0. The van der Waals surface area contributed by atoms with E-state index >= 15 is 0 Å². The maximum atomic E-state index is 4.65. The molecule has 0 unspecified atom stereocenters. The van der Waals surface area contributed by atoms with Crippen LogP contribution in [0.25, 0.3) is 0 Å². The monoisotopic (exact) mass is 366 g/mol. The van der Waals surface area contributed by atoms with E-state index in [-0.39, 0.29) is 22.4 Å². The first-order valence-corrected chi connectivity index (χ1v) is 7.67. The van der Waals surface area contributed by atoms with Gasteiger partial charge in [0.15, 0.2) is 5.82 Å². The van der Waals surface area contributed by atoms with Gasteiger partial charge in [0.05, 0.1) is 5.71 Å². The molecule has 0 atom stereocenters. The van der Waals surface area contributed by atoms with Crippen LogP contribution in [0.3, 0.4) is 0 Å². The Bertz CT molecular complexity index is 668. The van der Waals surface area contributed by atoms with E-state index in [0.29, 0.717) is 0 Å². The third kappa shape index (κ3) is 3.21. The highest BCUT2D eigenvalue weighted by atomic mass is 79.9. The van der Waals surface area contributed by atoms with E-state index in [1.165, 1.54) is 11.1 Å². The zero-order chi connectivity index (χ0) is 14.3. The Hall–Kier alpha value is -1.14. The van der Waals surface area contributed by atoms with Gasteiger partial charge in [-0.05, 0) is 23.5 Å². The van der Waals surface area contributed by atoms with Crippen molar-refractivity contribution >= 4 is 34.5 Å². The van der Waals surface area contributed by atoms with Crippen LogP contribution in [0.1, 0.15) is 37.7 Å². The summed E-state index contributed by atoms with van der Waals surface area (Å²) in [4.78, 5) is 0. The summed E-state index contributed by atoms with van der Waals surface area (Å²) in [5.74, 6) is 1.67. The SMILES string of the molecule is Br.Cc1nnc2n1N=C(c1ccc(C(C)(C)C)cc1)CS2. The van der Waals surface area contributed by atoms with E-state index in [9.17, 15) is 0 Å². The second-order valence-corrected chi connectivity index (χ2v) is 6.95. The first-order valence-electron chi connectivity index (χ1n) is 6.69. The number of benzene rings is 1. The zero-order valence-electron chi connectivity index (χ0n) is 12.6. The van der Waals surface area contributed by atoms with Gasteiger partial charge in [0.1, 0.15) is 0 Å². The van der Waals surface area contributed by atoms with Gasteiger partial charge in [-0.2, -0.15) is 9.78 Å². The van der Waals surface area contributed by atoms with Crippen molar-refractivity contribution in [2.75, 3.05) is 5.75 Å². The molecule has 0 saturated carbocycles. The number of thioether (sulfide) groups is 1. The van der Waals surface area contributed by atoms with Gasteiger partial charge in [0.2, 0.25) is 5.16 Å². The Morgan fingerprint density at radius 2 is 1.76 bits per heavy atom. The molecule has 1 aliphatic heterocycles. The molecule has 0 aliphatic carbocycles. The van der Waals surface area contributed by atoms with Crippen LogP contribution in [0.4, 0.5) is 0 Å². The Morgan fingerprint density at radius 3 is 2.38 bits per heavy atom. The molecule has 0 N–H and O–H groups in total. The summed E-state index contributed by atoms with van der Waals surface area (Å²) in [5.41, 5.74) is 3.77. The van der Waals surface area contributed by atoms with Crippen LogP contribution < -0.4 is 0 Å². The predicted molar refractivity (Wildman–Crippen MR) is 92.9 cm³/mol. The third-order valence-corrected chi connectivity index (χ3v) is 4.34. The van der Waals surface area contributed by atoms with Gasteiger partial charge in [-0.25, -0.2) is 0 Å². The fraction of sp³-hybridized carbons (Fsp3) is 0.400. The molecule has 0 saturated heterocycles. The van der Waals surface area contributed by atoms with Crippen LogP contribution in [0.2, 0.25) is 0 Å². The fourth-order valence-corrected chi connectivity index (χ4v) is 3.01. The fourth-order valence-electron chi connectivity index (χ4n) is 2.13. The van der Waals surface area contributed by atoms with Crippen molar-refractivity contribution in [3.63, 3.8) is 0 Å². The molecule has 2 heterocycles. The average molecular weight is 367 g/mol. The molecule has 0 fully saturated rings. The van der Waals surface area contributed by atoms with E-state index in [4.69, 9.17) is 0 Å². The molecular formula is C15H19BrN4S. The van der Waals surface area contributed by atoms with Crippen molar-refractivity contribution in [3.8, 4) is 0 Å². The number of hydrogen-bond acceptors (Lipinski definition) is 4. The molecule has 1 aliphatic rings. The van der Waals surface area contributed by atoms with Gasteiger partial charge in [0, 0.05) is 5.75 Å². The van der Waals surface area contributed by atoms with Crippen LogP contribution in [0, 0.1) is 6.92 Å². The quantitative estimate of drug-likeness (QED) is 0.770. The standard InChI is InChI=1S/C15H18N4S.BrH/c1-10-16-17-14-19(10)18-13(9-20-14)11-5-7-12(8-6-11)15(2,3)4;/h5-8H,9H2,1-4H3;1H. The van der Waals surface area contributed by atoms with Gasteiger partial charge in [-0.3, -0.25) is 0 Å². The second-order valence-electron chi connectivity index (χ2n) is 6.00. The smallest absolute Gasteiger partial charge is 0.191 e. The Balaban J connectivity index is 0.00000161. The number of hydrogen-bond donors (Lipinski definition) is 0. The van der Waals surface area contributed by atoms with E-state index in [0.717, 1.165) is 22.4 Å². The molecule has 2 aromatic rings. The number of fused-ring (bicyclic) bond motifs is 1. The van der Waals surface area contributed by atoms with Gasteiger partial charge >= 0.3 is 0 Å². The molecule has 0 bridgehead atoms. The summed E-state index contributed by atoms with van der Waals surface area (Å²) < 4.78 is 1.82. The first kappa shape index (κ1) is 16.2. The molecule has 21 heavy (non-hydrogen) atoms. The van der Waals surface area contributed by atoms with Crippen LogP contribution in [-0.4, -0.2) is 26.3 Å². The summed E-state index contributed by atoms with van der Waals surface area (Å²) in [6.07, 6.45) is 0. The van der Waals surface area contributed by atoms with Gasteiger partial charge < -0.3 is 0 Å². The topological polar surface area (TPSA) is 43.1 Å². The van der Waals surface area contributed by atoms with Gasteiger partial charge in [-0.1, -0.05) is 56.8 Å². The normalized spacial score (nSPS) is 14.2. The van der Waals surface area contributed by atoms with Crippen molar-refractivity contribution in [1.82, 2.24) is 14.9 Å². The highest BCUT2D eigenvalue weighted by Crippen LogP contribution is 2.26. The maximum Gasteiger partial charge on any atom is 0.212 e. The highest BCUT2D eigenvalue weighted by Gasteiger charge is 2.19. The molecule has 0 spiro atoms. The summed E-state index contributed by atoms with van der Waals surface area (Å²) in [5, 5.41) is 13.7. The van der Waals surface area contributed by atoms with Gasteiger partial charge in [0.25, 0.3) is 0 Å². The molecule has 112 valence electrons. The second kappa shape index (κ2) is 5.93. The molecule has 0 amide bonds. The minimum Gasteiger partial charge on any atom is -0.191 e. The number of aromatic nitrogens is 3. The van der Waals surface area contributed by atoms with Crippen LogP contribution >= 0.6 is 28.7 Å². The lowest BCUT2D eigenvalue weighted by Gasteiger charge is -2.20. The van der Waals surface area contributed by atoms with Crippen LogP contribution in [0.15, 0.2) is 34.5 Å². The van der Waals surface area contributed by atoms with Crippen LogP contribution in [0.5, 0.6) is 0 Å². The predicted octanol–water partition coefficient (Wildman–Crippen LogP) is 3.82. The van der Waals surface area contributed by atoms with E-state index in [2.05, 4.69) is 60.3 Å². The number of nitrogens with zero attached hydrogens (tertiary/aromatic N) is 4. The number of rotatable bonds is 1. The van der Waals surface area contributed by atoms with Crippen molar-refractivity contribution in [1.29, 1.82) is 0 Å². The Morgan fingerprint density at radius 1 is 1.10 bits per heavy atom. The molecule has 0 radical (unpaired) electrons. The lowest BCUT2D eigenvalue weighted by atomic mass is 9.86. The molecule has 6 heteroatoms. The van der Waals surface area contributed by atoms with E-state index in [1.807, 2.05) is 11.6 Å². The summed E-state index contributed by atoms with van der Waals surface area (Å²) in [7, 11) is 0. The number of aryl methyl sites for hydroxylation is 1. The maximum absolute atomic E-state index is 4.65. The van der Waals surface area contributed by atoms with Crippen LogP contribution in [-0.2, 0) is 5.41 Å². The Labute approximate surface area is 139 Å². The lowest BCUT2D eigenvalue weighted by Crippen LogP contribution is -2.15. The molecule has 1 aromatic heterocycles. The van der Waals surface area contributed by atoms with Crippen molar-refractivity contribution in [3.05, 3.63) is 41.2 Å². The first-order chi connectivity index (χ1) is 9.45. The van der Waals surface area contributed by atoms with Crippen molar-refractivity contribution < 1.29 is 0 Å². The van der Waals surface area contributed by atoms with Crippen molar-refractivity contribution in [2.24, 2.45) is 5.10 Å².